The van der Waals surface area contributed by atoms with Gasteiger partial charge in [-0.1, -0.05) is 6.92 Å². The molecule has 0 fully saturated rings. The predicted molar refractivity (Wildman–Crippen MR) is 25.8 cm³/mol. The predicted octanol–water partition coefficient (Wildman–Crippen LogP) is 2.39. The summed E-state index contributed by atoms with van der Waals surface area (Å²) < 4.78 is 35.5. The summed E-state index contributed by atoms with van der Waals surface area (Å²) in [6, 6.07) is 0. The topological polar surface area (TPSA) is 0 Å². The highest BCUT2D eigenvalue weighted by molar-refractivity contribution is 4.69. The lowest BCUT2D eigenvalue weighted by Gasteiger charge is -2.13. The van der Waals surface area contributed by atoms with Crippen LogP contribution in [-0.4, -0.2) is 12.1 Å². The Hall–Kier alpha value is -0.210. The number of hydrogen-bond acceptors (Lipinski definition) is 0. The van der Waals surface area contributed by atoms with Crippen LogP contribution >= 0.6 is 0 Å². The van der Waals surface area contributed by atoms with Crippen LogP contribution in [-0.2, 0) is 0 Å². The van der Waals surface area contributed by atoms with Crippen LogP contribution in [0.5, 0.6) is 0 Å². The van der Waals surface area contributed by atoms with Gasteiger partial charge in [-0.2, -0.15) is 0 Å². The molecule has 0 heterocycles. The van der Waals surface area contributed by atoms with Crippen molar-refractivity contribution in [2.24, 2.45) is 0 Å². The van der Waals surface area contributed by atoms with Crippen LogP contribution in [0.25, 0.3) is 0 Å². The van der Waals surface area contributed by atoms with Crippen LogP contribution in [0.15, 0.2) is 0 Å². The maximum Gasteiger partial charge on any atom is 0.278 e. The molecule has 0 aliphatic heterocycles. The van der Waals surface area contributed by atoms with E-state index in [0.29, 0.717) is 0 Å². The van der Waals surface area contributed by atoms with E-state index in [1.165, 1.54) is 6.92 Å². The molecule has 1 unspecified atom stereocenters. The molecule has 0 rings (SSSR count). The second kappa shape index (κ2) is 2.37. The van der Waals surface area contributed by atoms with Crippen LogP contribution in [0.1, 0.15) is 20.3 Å². The highest BCUT2D eigenvalue weighted by Gasteiger charge is 2.33. The van der Waals surface area contributed by atoms with Gasteiger partial charge in [0.05, 0.1) is 0 Å². The monoisotopic (exact) mass is 126 g/mol. The van der Waals surface area contributed by atoms with E-state index in [1.807, 2.05) is 0 Å². The zero-order valence-corrected chi connectivity index (χ0v) is 4.92. The third-order valence-electron chi connectivity index (χ3n) is 1.05. The second-order valence-corrected chi connectivity index (χ2v) is 1.73. The van der Waals surface area contributed by atoms with Crippen molar-refractivity contribution in [2.45, 2.75) is 32.4 Å². The fraction of sp³-hybridized carbons (Fsp3) is 1.00. The summed E-state index contributed by atoms with van der Waals surface area (Å²) in [5, 5.41) is 0. The molecule has 3 heteroatoms. The van der Waals surface area contributed by atoms with E-state index >= 15 is 0 Å². The molecule has 0 amide bonds. The molecule has 0 nitrogen and oxygen atoms in total. The maximum atomic E-state index is 11.9. The van der Waals surface area contributed by atoms with E-state index < -0.39 is 18.5 Å². The Bertz CT molecular complexity index is 68.1. The number of alkyl halides is 3. The van der Waals surface area contributed by atoms with Crippen LogP contribution in [0, 0.1) is 0 Å². The molecule has 50 valence electrons. The van der Waals surface area contributed by atoms with Gasteiger partial charge in [-0.3, -0.25) is 0 Å². The molecule has 0 aromatic rings. The molecule has 0 aliphatic carbocycles. The van der Waals surface area contributed by atoms with Gasteiger partial charge in [0.25, 0.3) is 5.92 Å². The average molecular weight is 126 g/mol. The molecule has 0 saturated heterocycles. The fourth-order valence-electron chi connectivity index (χ4n) is 0.281. The van der Waals surface area contributed by atoms with E-state index in [2.05, 4.69) is 0 Å². The molecule has 0 aliphatic rings. The molecule has 8 heavy (non-hydrogen) atoms. The Kier molecular flexibility index (Phi) is 2.31. The van der Waals surface area contributed by atoms with Crippen molar-refractivity contribution >= 4 is 0 Å². The van der Waals surface area contributed by atoms with Gasteiger partial charge in [-0.25, -0.2) is 13.2 Å². The zero-order valence-electron chi connectivity index (χ0n) is 4.92. The average Bonchev–Trinajstić information content (AvgIpc) is 1.67. The van der Waals surface area contributed by atoms with Gasteiger partial charge in [-0.05, 0) is 6.92 Å². The number of halogens is 3. The first kappa shape index (κ1) is 7.79. The normalized spacial score (nSPS) is 16.1. The van der Waals surface area contributed by atoms with Gasteiger partial charge in [0.15, 0.2) is 6.17 Å². The summed E-state index contributed by atoms with van der Waals surface area (Å²) in [5.41, 5.74) is 0. The zero-order chi connectivity index (χ0) is 6.78. The molecular formula is C5H9F3. The minimum Gasteiger partial charge on any atom is -0.241 e. The molecular weight excluding hydrogens is 117 g/mol. The summed E-state index contributed by atoms with van der Waals surface area (Å²) in [7, 11) is 0. The highest BCUT2D eigenvalue weighted by atomic mass is 19.3. The van der Waals surface area contributed by atoms with Gasteiger partial charge in [-0.15, -0.1) is 0 Å². The summed E-state index contributed by atoms with van der Waals surface area (Å²) >= 11 is 0. The van der Waals surface area contributed by atoms with E-state index in [9.17, 15) is 13.2 Å². The summed E-state index contributed by atoms with van der Waals surface area (Å²) in [6.45, 7) is 2.12. The van der Waals surface area contributed by atoms with Crippen LogP contribution < -0.4 is 0 Å². The number of hydrogen-bond donors (Lipinski definition) is 0. The van der Waals surface area contributed by atoms with Gasteiger partial charge in [0, 0.05) is 6.42 Å². The summed E-state index contributed by atoms with van der Waals surface area (Å²) in [5.74, 6) is -3.12. The van der Waals surface area contributed by atoms with Crippen molar-refractivity contribution < 1.29 is 13.2 Å². The molecule has 0 spiro atoms. The molecule has 0 radical (unpaired) electrons. The lowest BCUT2D eigenvalue weighted by atomic mass is 10.2. The van der Waals surface area contributed by atoms with E-state index in [4.69, 9.17) is 0 Å². The Balaban J connectivity index is 3.71. The van der Waals surface area contributed by atoms with Crippen molar-refractivity contribution in [1.29, 1.82) is 0 Å². The van der Waals surface area contributed by atoms with Crippen molar-refractivity contribution in [1.82, 2.24) is 0 Å². The SMILES string of the molecule is CCC(F)(F)C(C)F. The van der Waals surface area contributed by atoms with Crippen LogP contribution in [0.4, 0.5) is 13.2 Å². The van der Waals surface area contributed by atoms with Gasteiger partial charge in [0.1, 0.15) is 0 Å². The van der Waals surface area contributed by atoms with Gasteiger partial charge < -0.3 is 0 Å². The van der Waals surface area contributed by atoms with Crippen molar-refractivity contribution in [3.05, 3.63) is 0 Å². The number of rotatable bonds is 2. The Labute approximate surface area is 46.7 Å². The first-order chi connectivity index (χ1) is 3.50. The fourth-order valence-corrected chi connectivity index (χ4v) is 0.281. The smallest absolute Gasteiger partial charge is 0.241 e. The van der Waals surface area contributed by atoms with E-state index in [1.54, 1.807) is 0 Å². The van der Waals surface area contributed by atoms with Gasteiger partial charge >= 0.3 is 0 Å². The molecule has 0 aromatic heterocycles. The molecule has 0 N–H and O–H groups in total. The molecule has 1 atom stereocenters. The van der Waals surface area contributed by atoms with E-state index in [-0.39, 0.29) is 0 Å². The first-order valence-electron chi connectivity index (χ1n) is 2.52. The third-order valence-corrected chi connectivity index (χ3v) is 1.05. The quantitative estimate of drug-likeness (QED) is 0.533. The van der Waals surface area contributed by atoms with Crippen molar-refractivity contribution in [3.8, 4) is 0 Å². The Morgan fingerprint density at radius 1 is 1.50 bits per heavy atom. The second-order valence-electron chi connectivity index (χ2n) is 1.73. The third kappa shape index (κ3) is 1.72. The summed E-state index contributed by atoms with van der Waals surface area (Å²) in [4.78, 5) is 0. The lowest BCUT2D eigenvalue weighted by molar-refractivity contribution is -0.0672. The minimum atomic E-state index is -3.12. The first-order valence-corrected chi connectivity index (χ1v) is 2.52. The molecule has 0 bridgehead atoms. The Morgan fingerprint density at radius 3 is 1.88 bits per heavy atom. The standard InChI is InChI=1S/C5H9F3/c1-3-5(7,8)4(2)6/h4H,3H2,1-2H3. The maximum absolute atomic E-state index is 11.9. The molecule has 0 aromatic carbocycles. The highest BCUT2D eigenvalue weighted by Crippen LogP contribution is 2.24. The lowest BCUT2D eigenvalue weighted by Crippen LogP contribution is -2.25. The van der Waals surface area contributed by atoms with E-state index in [0.717, 1.165) is 6.92 Å². The van der Waals surface area contributed by atoms with Crippen LogP contribution in [0.3, 0.4) is 0 Å². The van der Waals surface area contributed by atoms with Crippen molar-refractivity contribution in [2.75, 3.05) is 0 Å². The van der Waals surface area contributed by atoms with Crippen molar-refractivity contribution in [3.63, 3.8) is 0 Å². The Morgan fingerprint density at radius 2 is 1.88 bits per heavy atom. The minimum absolute atomic E-state index is 0.426. The largest absolute Gasteiger partial charge is 0.278 e. The molecule has 0 saturated carbocycles. The van der Waals surface area contributed by atoms with Crippen LogP contribution in [0.2, 0.25) is 0 Å². The van der Waals surface area contributed by atoms with Gasteiger partial charge in [0.2, 0.25) is 0 Å². The summed E-state index contributed by atoms with van der Waals surface area (Å²) in [6.07, 6.45) is -2.45.